The number of nitrogens with zero attached hydrogens (tertiary/aromatic N) is 3. The Morgan fingerprint density at radius 1 is 1.23 bits per heavy atom. The van der Waals surface area contributed by atoms with Crippen LogP contribution in [0.25, 0.3) is 0 Å². The quantitative estimate of drug-likeness (QED) is 0.479. The van der Waals surface area contributed by atoms with Crippen molar-refractivity contribution in [3.05, 3.63) is 35.9 Å². The molecule has 2 fully saturated rings. The maximum Gasteiger partial charge on any atom is 0.490 e. The molecule has 1 aromatic rings. The first-order chi connectivity index (χ1) is 16.4. The van der Waals surface area contributed by atoms with Crippen molar-refractivity contribution in [3.63, 3.8) is 0 Å². The first-order valence-electron chi connectivity index (χ1n) is 10.6. The van der Waals surface area contributed by atoms with Crippen LogP contribution in [0.3, 0.4) is 0 Å². The number of carboxylic acid groups (broad SMARTS) is 1. The van der Waals surface area contributed by atoms with Gasteiger partial charge in [-0.1, -0.05) is 49.0 Å². The summed E-state index contributed by atoms with van der Waals surface area (Å²) in [6.45, 7) is 2.49. The van der Waals surface area contributed by atoms with E-state index in [1.165, 1.54) is 23.8 Å². The van der Waals surface area contributed by atoms with Crippen molar-refractivity contribution in [2.24, 2.45) is 16.8 Å². The number of aliphatic carboxylic acids is 1. The smallest absolute Gasteiger partial charge is 0.475 e. The van der Waals surface area contributed by atoms with Gasteiger partial charge < -0.3 is 14.7 Å². The highest BCUT2D eigenvalue weighted by molar-refractivity contribution is 8.13. The molecule has 3 heterocycles. The molecule has 35 heavy (non-hydrogen) atoms. The molecule has 0 bridgehead atoms. The average Bonchev–Trinajstić information content (AvgIpc) is 3.45. The summed E-state index contributed by atoms with van der Waals surface area (Å²) in [7, 11) is 1.33. The van der Waals surface area contributed by atoms with Crippen molar-refractivity contribution in [3.8, 4) is 0 Å². The average molecular weight is 516 g/mol. The van der Waals surface area contributed by atoms with E-state index < -0.39 is 35.5 Å². The lowest BCUT2D eigenvalue weighted by Crippen LogP contribution is -2.59. The highest BCUT2D eigenvalue weighted by Crippen LogP contribution is 2.53. The number of carbonyl (C=O) groups excluding carboxylic acids is 3. The molecule has 0 radical (unpaired) electrons. The SMILES string of the molecule is CC[C@]1(C(=O)OC)[C@H]2C(=O)N(Cc3ccccc3)C(=O)[C@H]2[C@H]2CN=C(SC)N21.O=C(O)C(F)(F)F. The van der Waals surface area contributed by atoms with E-state index in [0.717, 1.165) is 5.56 Å². The summed E-state index contributed by atoms with van der Waals surface area (Å²) in [5, 5.41) is 7.82. The molecule has 190 valence electrons. The summed E-state index contributed by atoms with van der Waals surface area (Å²) in [6.07, 6.45) is -2.83. The topological polar surface area (TPSA) is 117 Å². The number of carboxylic acids is 1. The molecule has 1 aromatic carbocycles. The van der Waals surface area contributed by atoms with E-state index >= 15 is 0 Å². The molecule has 1 N–H and O–H groups in total. The molecule has 3 aliphatic heterocycles. The molecule has 2 saturated heterocycles. The molecule has 13 heteroatoms. The van der Waals surface area contributed by atoms with Gasteiger partial charge in [-0.2, -0.15) is 13.2 Å². The first kappa shape index (κ1) is 26.5. The Morgan fingerprint density at radius 3 is 2.31 bits per heavy atom. The van der Waals surface area contributed by atoms with Crippen molar-refractivity contribution >= 4 is 40.7 Å². The van der Waals surface area contributed by atoms with Crippen LogP contribution in [0.1, 0.15) is 18.9 Å². The fraction of sp³-hybridized carbons (Fsp3) is 0.500. The maximum absolute atomic E-state index is 13.4. The van der Waals surface area contributed by atoms with E-state index in [-0.39, 0.29) is 24.4 Å². The zero-order valence-corrected chi connectivity index (χ0v) is 19.9. The molecule has 4 rings (SSSR count). The number of aliphatic imine (C=N–C) groups is 1. The predicted octanol–water partition coefficient (Wildman–Crippen LogP) is 2.16. The van der Waals surface area contributed by atoms with Crippen LogP contribution in [-0.2, 0) is 30.5 Å². The van der Waals surface area contributed by atoms with Crippen LogP contribution in [0.4, 0.5) is 13.2 Å². The number of benzene rings is 1. The number of hydrogen-bond donors (Lipinski definition) is 1. The zero-order valence-electron chi connectivity index (χ0n) is 19.1. The summed E-state index contributed by atoms with van der Waals surface area (Å²) in [5.41, 5.74) is -0.311. The zero-order chi connectivity index (χ0) is 26.1. The number of hydrogen-bond acceptors (Lipinski definition) is 8. The van der Waals surface area contributed by atoms with E-state index in [1.807, 2.05) is 48.4 Å². The Hall–Kier alpha value is -3.09. The minimum Gasteiger partial charge on any atom is -0.475 e. The molecule has 4 atom stereocenters. The summed E-state index contributed by atoms with van der Waals surface area (Å²) >= 11 is 1.43. The van der Waals surface area contributed by atoms with Crippen molar-refractivity contribution in [1.29, 1.82) is 0 Å². The van der Waals surface area contributed by atoms with E-state index in [2.05, 4.69) is 4.99 Å². The number of thioether (sulfide) groups is 1. The maximum atomic E-state index is 13.4. The Balaban J connectivity index is 0.000000429. The van der Waals surface area contributed by atoms with Crippen molar-refractivity contribution in [1.82, 2.24) is 9.80 Å². The number of likely N-dealkylation sites (tertiary alicyclic amines) is 1. The van der Waals surface area contributed by atoms with Crippen LogP contribution >= 0.6 is 11.8 Å². The molecule has 0 aliphatic carbocycles. The number of esters is 1. The van der Waals surface area contributed by atoms with Crippen LogP contribution in [0.2, 0.25) is 0 Å². The number of imide groups is 1. The number of fused-ring (bicyclic) bond motifs is 3. The molecular formula is C22H24F3N3O6S. The van der Waals surface area contributed by atoms with Crippen LogP contribution < -0.4 is 0 Å². The standard InChI is InChI=1S/C20H23N3O4S.C2HF3O2/c1-4-20(18(26)27-2)15-14(13-10-21-19(28-3)23(13)20)16(24)22(17(15)25)11-12-8-6-5-7-9-12;3-2(4,5)1(6)7/h5-9,13-15H,4,10-11H2,1-3H3;(H,6,7)/t13-,14+,15-,20-;/m1./s1. The Morgan fingerprint density at radius 2 is 1.83 bits per heavy atom. The largest absolute Gasteiger partial charge is 0.490 e. The summed E-state index contributed by atoms with van der Waals surface area (Å²) in [6, 6.07) is 9.14. The van der Waals surface area contributed by atoms with Crippen LogP contribution in [-0.4, -0.2) is 81.5 Å². The lowest BCUT2D eigenvalue weighted by atomic mass is 9.78. The van der Waals surface area contributed by atoms with E-state index in [4.69, 9.17) is 14.6 Å². The third-order valence-corrected chi connectivity index (χ3v) is 7.13. The second kappa shape index (κ2) is 9.88. The van der Waals surface area contributed by atoms with E-state index in [1.54, 1.807) is 0 Å². The van der Waals surface area contributed by atoms with E-state index in [9.17, 15) is 27.6 Å². The van der Waals surface area contributed by atoms with Gasteiger partial charge in [0.05, 0.1) is 38.1 Å². The van der Waals surface area contributed by atoms with E-state index in [0.29, 0.717) is 18.1 Å². The molecule has 0 saturated carbocycles. The van der Waals surface area contributed by atoms with Gasteiger partial charge >= 0.3 is 18.1 Å². The predicted molar refractivity (Wildman–Crippen MR) is 119 cm³/mol. The van der Waals surface area contributed by atoms with Gasteiger partial charge in [-0.15, -0.1) is 0 Å². The minimum atomic E-state index is -5.08. The van der Waals surface area contributed by atoms with Gasteiger partial charge in [-0.05, 0) is 18.2 Å². The van der Waals surface area contributed by atoms with Gasteiger partial charge in [-0.25, -0.2) is 9.59 Å². The summed E-state index contributed by atoms with van der Waals surface area (Å²) in [5.74, 6) is -5.06. The monoisotopic (exact) mass is 515 g/mol. The molecule has 2 amide bonds. The number of ether oxygens (including phenoxy) is 1. The second-order valence-electron chi connectivity index (χ2n) is 8.09. The Labute approximate surface area is 203 Å². The Bertz CT molecular complexity index is 1050. The molecule has 0 spiro atoms. The number of alkyl halides is 3. The molecule has 0 unspecified atom stereocenters. The third-order valence-electron chi connectivity index (χ3n) is 6.44. The third kappa shape index (κ3) is 4.37. The number of halogens is 3. The van der Waals surface area contributed by atoms with Gasteiger partial charge in [0.1, 0.15) is 0 Å². The van der Waals surface area contributed by atoms with Crippen LogP contribution in [0.5, 0.6) is 0 Å². The fourth-order valence-electron chi connectivity index (χ4n) is 5.02. The number of amides is 2. The van der Waals surface area contributed by atoms with Crippen LogP contribution in [0.15, 0.2) is 35.3 Å². The molecule has 0 aromatic heterocycles. The van der Waals surface area contributed by atoms with Gasteiger partial charge in [0.2, 0.25) is 11.8 Å². The molecular weight excluding hydrogens is 491 g/mol. The first-order valence-corrected chi connectivity index (χ1v) is 11.8. The minimum absolute atomic E-state index is 0.217. The summed E-state index contributed by atoms with van der Waals surface area (Å²) < 4.78 is 36.9. The van der Waals surface area contributed by atoms with Gasteiger partial charge in [0.25, 0.3) is 0 Å². The fourth-order valence-corrected chi connectivity index (χ4v) is 5.72. The number of methoxy groups -OCH3 is 1. The molecule has 3 aliphatic rings. The van der Waals surface area contributed by atoms with Crippen molar-refractivity contribution < 1.29 is 42.2 Å². The van der Waals surface area contributed by atoms with Gasteiger partial charge in [0, 0.05) is 0 Å². The number of amidine groups is 1. The second-order valence-corrected chi connectivity index (χ2v) is 8.86. The normalized spacial score (nSPS) is 27.1. The van der Waals surface area contributed by atoms with Crippen molar-refractivity contribution in [2.45, 2.75) is 37.6 Å². The lowest BCUT2D eigenvalue weighted by Gasteiger charge is -2.39. The van der Waals surface area contributed by atoms with Crippen LogP contribution in [0, 0.1) is 11.8 Å². The summed E-state index contributed by atoms with van der Waals surface area (Å²) in [4.78, 5) is 56.4. The Kier molecular flexibility index (Phi) is 7.48. The van der Waals surface area contributed by atoms with Crippen molar-refractivity contribution in [2.75, 3.05) is 19.9 Å². The van der Waals surface area contributed by atoms with Gasteiger partial charge in [-0.3, -0.25) is 19.5 Å². The highest BCUT2D eigenvalue weighted by Gasteiger charge is 2.73. The lowest BCUT2D eigenvalue weighted by molar-refractivity contribution is -0.192. The van der Waals surface area contributed by atoms with Gasteiger partial charge in [0.15, 0.2) is 10.7 Å². The number of rotatable bonds is 4. The molecule has 9 nitrogen and oxygen atoms in total. The highest BCUT2D eigenvalue weighted by atomic mass is 32.2. The number of carbonyl (C=O) groups is 4.